The van der Waals surface area contributed by atoms with Gasteiger partial charge in [0.05, 0.1) is 12.8 Å². The summed E-state index contributed by atoms with van der Waals surface area (Å²) in [5.41, 5.74) is 1.82. The van der Waals surface area contributed by atoms with Crippen LogP contribution in [0.1, 0.15) is 5.82 Å². The number of hydrogen-bond acceptors (Lipinski definition) is 3. The summed E-state index contributed by atoms with van der Waals surface area (Å²) in [6.45, 7) is -0.0551. The molecule has 1 aromatic heterocycles. The van der Waals surface area contributed by atoms with E-state index in [4.69, 9.17) is 9.84 Å². The van der Waals surface area contributed by atoms with Crippen LogP contribution in [-0.4, -0.2) is 21.8 Å². The van der Waals surface area contributed by atoms with Crippen LogP contribution >= 0.6 is 0 Å². The molecular formula is C12H14N2O2. The first-order valence-electron chi connectivity index (χ1n) is 5.02. The number of ether oxygens (including phenoxy) is 1. The highest BCUT2D eigenvalue weighted by atomic mass is 16.5. The monoisotopic (exact) mass is 218 g/mol. The third-order valence-corrected chi connectivity index (χ3v) is 2.48. The number of aromatic nitrogens is 2. The zero-order valence-electron chi connectivity index (χ0n) is 9.34. The number of rotatable bonds is 3. The normalized spacial score (nSPS) is 10.4. The molecule has 0 unspecified atom stereocenters. The van der Waals surface area contributed by atoms with Crippen molar-refractivity contribution in [3.05, 3.63) is 36.3 Å². The summed E-state index contributed by atoms with van der Waals surface area (Å²) >= 11 is 0. The fourth-order valence-electron chi connectivity index (χ4n) is 1.57. The lowest BCUT2D eigenvalue weighted by Crippen LogP contribution is -1.94. The molecule has 0 saturated carbocycles. The number of aliphatic hydroxyl groups excluding tert-OH is 1. The minimum absolute atomic E-state index is 0.0551. The molecule has 0 saturated heterocycles. The maximum Gasteiger partial charge on any atom is 0.134 e. The summed E-state index contributed by atoms with van der Waals surface area (Å²) in [7, 11) is 3.50. The Morgan fingerprint density at radius 3 is 2.88 bits per heavy atom. The average Bonchev–Trinajstić information content (AvgIpc) is 2.71. The third kappa shape index (κ3) is 1.92. The highest BCUT2D eigenvalue weighted by molar-refractivity contribution is 5.60. The van der Waals surface area contributed by atoms with E-state index in [0.717, 1.165) is 17.0 Å². The van der Waals surface area contributed by atoms with Crippen LogP contribution in [0.25, 0.3) is 11.3 Å². The summed E-state index contributed by atoms with van der Waals surface area (Å²) in [5, 5.41) is 9.07. The highest BCUT2D eigenvalue weighted by Gasteiger charge is 2.06. The van der Waals surface area contributed by atoms with Crippen molar-refractivity contribution in [3.8, 4) is 17.0 Å². The Hall–Kier alpha value is -1.81. The zero-order chi connectivity index (χ0) is 11.5. The lowest BCUT2D eigenvalue weighted by Gasteiger charge is -2.01. The Bertz CT molecular complexity index is 492. The van der Waals surface area contributed by atoms with E-state index in [-0.39, 0.29) is 6.61 Å². The molecule has 0 amide bonds. The van der Waals surface area contributed by atoms with Crippen molar-refractivity contribution in [1.29, 1.82) is 0 Å². The van der Waals surface area contributed by atoms with Crippen LogP contribution in [-0.2, 0) is 13.7 Å². The molecule has 0 fully saturated rings. The van der Waals surface area contributed by atoms with Crippen molar-refractivity contribution in [2.24, 2.45) is 7.05 Å². The van der Waals surface area contributed by atoms with Gasteiger partial charge in [-0.15, -0.1) is 0 Å². The van der Waals surface area contributed by atoms with Crippen LogP contribution in [0.5, 0.6) is 5.75 Å². The largest absolute Gasteiger partial charge is 0.497 e. The first kappa shape index (κ1) is 10.7. The van der Waals surface area contributed by atoms with Crippen LogP contribution in [0.2, 0.25) is 0 Å². The van der Waals surface area contributed by atoms with Gasteiger partial charge in [-0.05, 0) is 12.1 Å². The number of imidazole rings is 1. The van der Waals surface area contributed by atoms with Crippen molar-refractivity contribution in [2.45, 2.75) is 6.61 Å². The van der Waals surface area contributed by atoms with E-state index in [1.807, 2.05) is 42.1 Å². The van der Waals surface area contributed by atoms with Gasteiger partial charge in [0.2, 0.25) is 0 Å². The maximum absolute atomic E-state index is 9.07. The predicted molar refractivity (Wildman–Crippen MR) is 61.1 cm³/mol. The van der Waals surface area contributed by atoms with E-state index < -0.39 is 0 Å². The first-order chi connectivity index (χ1) is 7.74. The molecule has 84 valence electrons. The van der Waals surface area contributed by atoms with Gasteiger partial charge in [-0.2, -0.15) is 0 Å². The summed E-state index contributed by atoms with van der Waals surface area (Å²) in [6, 6.07) is 7.69. The summed E-state index contributed by atoms with van der Waals surface area (Å²) in [6.07, 6.45) is 1.89. The molecule has 0 aliphatic rings. The topological polar surface area (TPSA) is 47.3 Å². The van der Waals surface area contributed by atoms with Crippen molar-refractivity contribution in [3.63, 3.8) is 0 Å². The molecule has 0 spiro atoms. The standard InChI is InChI=1S/C12H14N2O2/c1-14-7-11(13-12(14)8-15)9-4-3-5-10(6-9)16-2/h3-7,15H,8H2,1-2H3. The van der Waals surface area contributed by atoms with Gasteiger partial charge >= 0.3 is 0 Å². The van der Waals surface area contributed by atoms with E-state index >= 15 is 0 Å². The van der Waals surface area contributed by atoms with Crippen LogP contribution in [0.4, 0.5) is 0 Å². The molecule has 1 aromatic carbocycles. The van der Waals surface area contributed by atoms with Gasteiger partial charge in [-0.25, -0.2) is 4.98 Å². The summed E-state index contributed by atoms with van der Waals surface area (Å²) in [4.78, 5) is 4.33. The second-order valence-electron chi connectivity index (χ2n) is 3.54. The Kier molecular flexibility index (Phi) is 2.92. The number of nitrogens with zero attached hydrogens (tertiary/aromatic N) is 2. The minimum atomic E-state index is -0.0551. The van der Waals surface area contributed by atoms with Crippen LogP contribution in [0.3, 0.4) is 0 Å². The number of aliphatic hydroxyl groups is 1. The lowest BCUT2D eigenvalue weighted by atomic mass is 10.1. The van der Waals surface area contributed by atoms with Crippen molar-refractivity contribution in [1.82, 2.24) is 9.55 Å². The quantitative estimate of drug-likeness (QED) is 0.851. The molecule has 0 aliphatic heterocycles. The number of hydrogen-bond donors (Lipinski definition) is 1. The van der Waals surface area contributed by atoms with Crippen molar-refractivity contribution in [2.75, 3.05) is 7.11 Å². The van der Waals surface area contributed by atoms with Crippen molar-refractivity contribution < 1.29 is 9.84 Å². The van der Waals surface area contributed by atoms with E-state index in [0.29, 0.717) is 5.82 Å². The van der Waals surface area contributed by atoms with Crippen LogP contribution in [0.15, 0.2) is 30.5 Å². The molecule has 0 aliphatic carbocycles. The van der Waals surface area contributed by atoms with Gasteiger partial charge in [0.25, 0.3) is 0 Å². The van der Waals surface area contributed by atoms with Gasteiger partial charge in [-0.3, -0.25) is 0 Å². The smallest absolute Gasteiger partial charge is 0.134 e. The molecule has 2 rings (SSSR count). The Labute approximate surface area is 94.1 Å². The Balaban J connectivity index is 2.41. The van der Waals surface area contributed by atoms with Gasteiger partial charge in [0.15, 0.2) is 0 Å². The van der Waals surface area contributed by atoms with Gasteiger partial charge < -0.3 is 14.4 Å². The molecule has 0 atom stereocenters. The highest BCUT2D eigenvalue weighted by Crippen LogP contribution is 2.22. The molecule has 4 heteroatoms. The minimum Gasteiger partial charge on any atom is -0.497 e. The molecule has 2 aromatic rings. The van der Waals surface area contributed by atoms with E-state index in [2.05, 4.69) is 4.98 Å². The zero-order valence-corrected chi connectivity index (χ0v) is 9.34. The van der Waals surface area contributed by atoms with Gasteiger partial charge in [0.1, 0.15) is 18.2 Å². The molecule has 16 heavy (non-hydrogen) atoms. The fraction of sp³-hybridized carbons (Fsp3) is 0.250. The predicted octanol–water partition coefficient (Wildman–Crippen LogP) is 1.59. The average molecular weight is 218 g/mol. The molecule has 0 bridgehead atoms. The molecule has 0 radical (unpaired) electrons. The fourth-order valence-corrected chi connectivity index (χ4v) is 1.57. The van der Waals surface area contributed by atoms with Gasteiger partial charge in [0, 0.05) is 18.8 Å². The van der Waals surface area contributed by atoms with Gasteiger partial charge in [-0.1, -0.05) is 12.1 Å². The summed E-state index contributed by atoms with van der Waals surface area (Å²) < 4.78 is 6.97. The lowest BCUT2D eigenvalue weighted by molar-refractivity contribution is 0.267. The van der Waals surface area contributed by atoms with Crippen LogP contribution < -0.4 is 4.74 Å². The molecule has 1 N–H and O–H groups in total. The molecule has 4 nitrogen and oxygen atoms in total. The molecule has 1 heterocycles. The number of methoxy groups -OCH3 is 1. The SMILES string of the molecule is COc1cccc(-c2cn(C)c(CO)n2)c1. The third-order valence-electron chi connectivity index (χ3n) is 2.48. The maximum atomic E-state index is 9.07. The number of aryl methyl sites for hydroxylation is 1. The van der Waals surface area contributed by atoms with Crippen LogP contribution in [0, 0.1) is 0 Å². The second kappa shape index (κ2) is 4.37. The Morgan fingerprint density at radius 1 is 1.44 bits per heavy atom. The first-order valence-corrected chi connectivity index (χ1v) is 5.02. The van der Waals surface area contributed by atoms with E-state index in [1.165, 1.54) is 0 Å². The second-order valence-corrected chi connectivity index (χ2v) is 3.54. The van der Waals surface area contributed by atoms with E-state index in [1.54, 1.807) is 7.11 Å². The Morgan fingerprint density at radius 2 is 2.25 bits per heavy atom. The molecular weight excluding hydrogens is 204 g/mol. The summed E-state index contributed by atoms with van der Waals surface area (Å²) in [5.74, 6) is 1.45. The number of benzene rings is 1. The van der Waals surface area contributed by atoms with E-state index in [9.17, 15) is 0 Å². The van der Waals surface area contributed by atoms with Crippen molar-refractivity contribution >= 4 is 0 Å².